The maximum atomic E-state index is 6.03. The first kappa shape index (κ1) is 19.2. The standard InChI is InChI=1S/C8H22N4.C5H12/c9-5-1-3-8(12,7-11)4-2-6-10;1-5(2,3)4/h1-7,9-12H2;1-4H3. The SMILES string of the molecule is CC(C)(C)C.NCCCC(N)(CN)CCCN. The molecule has 0 rings (SSSR count). The summed E-state index contributed by atoms with van der Waals surface area (Å²) in [5.41, 5.74) is 22.7. The second-order valence-corrected chi connectivity index (χ2v) is 6.35. The van der Waals surface area contributed by atoms with Crippen molar-refractivity contribution in [2.45, 2.75) is 58.9 Å². The Morgan fingerprint density at radius 1 is 0.765 bits per heavy atom. The van der Waals surface area contributed by atoms with E-state index in [4.69, 9.17) is 22.9 Å². The molecule has 4 heteroatoms. The van der Waals surface area contributed by atoms with Gasteiger partial charge in [-0.3, -0.25) is 0 Å². The van der Waals surface area contributed by atoms with E-state index in [2.05, 4.69) is 27.7 Å². The molecule has 0 unspecified atom stereocenters. The smallest absolute Gasteiger partial charge is 0.0279 e. The number of hydrogen-bond donors (Lipinski definition) is 4. The number of hydrogen-bond acceptors (Lipinski definition) is 4. The first-order valence-corrected chi connectivity index (χ1v) is 6.57. The van der Waals surface area contributed by atoms with Gasteiger partial charge in [0.25, 0.3) is 0 Å². The van der Waals surface area contributed by atoms with Crippen LogP contribution in [0.15, 0.2) is 0 Å². The fraction of sp³-hybridized carbons (Fsp3) is 1.00. The number of nitrogens with two attached hydrogens (primary N) is 4. The summed E-state index contributed by atoms with van der Waals surface area (Å²) < 4.78 is 0. The van der Waals surface area contributed by atoms with Crippen molar-refractivity contribution in [3.05, 3.63) is 0 Å². The van der Waals surface area contributed by atoms with Gasteiger partial charge in [0.05, 0.1) is 0 Å². The molecule has 0 bridgehead atoms. The Morgan fingerprint density at radius 3 is 1.24 bits per heavy atom. The van der Waals surface area contributed by atoms with Gasteiger partial charge in [0.2, 0.25) is 0 Å². The van der Waals surface area contributed by atoms with Gasteiger partial charge in [-0.1, -0.05) is 27.7 Å². The van der Waals surface area contributed by atoms with E-state index in [9.17, 15) is 0 Å². The molecule has 0 radical (unpaired) electrons. The largest absolute Gasteiger partial charge is 0.330 e. The van der Waals surface area contributed by atoms with Crippen LogP contribution in [0.1, 0.15) is 53.4 Å². The quantitative estimate of drug-likeness (QED) is 0.541. The van der Waals surface area contributed by atoms with Crippen molar-refractivity contribution in [3.8, 4) is 0 Å². The maximum absolute atomic E-state index is 6.03. The fourth-order valence-corrected chi connectivity index (χ4v) is 1.24. The van der Waals surface area contributed by atoms with Crippen LogP contribution in [0, 0.1) is 5.41 Å². The Balaban J connectivity index is 0. The van der Waals surface area contributed by atoms with Gasteiger partial charge < -0.3 is 22.9 Å². The van der Waals surface area contributed by atoms with Gasteiger partial charge in [-0.15, -0.1) is 0 Å². The van der Waals surface area contributed by atoms with Gasteiger partial charge in [-0.05, 0) is 44.2 Å². The molecule has 0 amide bonds. The molecule has 0 saturated heterocycles. The number of rotatable bonds is 7. The Labute approximate surface area is 107 Å². The van der Waals surface area contributed by atoms with Crippen LogP contribution in [0.5, 0.6) is 0 Å². The van der Waals surface area contributed by atoms with Crippen molar-refractivity contribution in [1.82, 2.24) is 0 Å². The van der Waals surface area contributed by atoms with Gasteiger partial charge in [0, 0.05) is 12.1 Å². The fourth-order valence-electron chi connectivity index (χ4n) is 1.24. The predicted molar refractivity (Wildman–Crippen MR) is 77.7 cm³/mol. The normalized spacial score (nSPS) is 12.0. The molecule has 0 aromatic heterocycles. The molecule has 0 aromatic carbocycles. The molecule has 0 fully saturated rings. The van der Waals surface area contributed by atoms with E-state index in [1.165, 1.54) is 0 Å². The zero-order valence-corrected chi connectivity index (χ0v) is 12.3. The molecular formula is C13H34N4. The van der Waals surface area contributed by atoms with Crippen molar-refractivity contribution in [2.24, 2.45) is 28.3 Å². The van der Waals surface area contributed by atoms with Crippen molar-refractivity contribution in [2.75, 3.05) is 19.6 Å². The van der Waals surface area contributed by atoms with Gasteiger partial charge >= 0.3 is 0 Å². The lowest BCUT2D eigenvalue weighted by molar-refractivity contribution is 0.360. The zero-order chi connectivity index (χ0) is 13.9. The van der Waals surface area contributed by atoms with Crippen LogP contribution in [0.25, 0.3) is 0 Å². The van der Waals surface area contributed by atoms with E-state index in [1.807, 2.05) is 0 Å². The lowest BCUT2D eigenvalue weighted by Crippen LogP contribution is -2.47. The second-order valence-electron chi connectivity index (χ2n) is 6.35. The minimum Gasteiger partial charge on any atom is -0.330 e. The highest BCUT2D eigenvalue weighted by atomic mass is 14.8. The molecule has 8 N–H and O–H groups in total. The van der Waals surface area contributed by atoms with Crippen LogP contribution >= 0.6 is 0 Å². The highest BCUT2D eigenvalue weighted by Crippen LogP contribution is 2.14. The Bertz CT molecular complexity index is 149. The van der Waals surface area contributed by atoms with Crippen LogP contribution < -0.4 is 22.9 Å². The molecule has 0 atom stereocenters. The molecule has 0 heterocycles. The summed E-state index contributed by atoms with van der Waals surface area (Å²) in [5, 5.41) is 0. The van der Waals surface area contributed by atoms with Gasteiger partial charge in [0.1, 0.15) is 0 Å². The monoisotopic (exact) mass is 246 g/mol. The zero-order valence-electron chi connectivity index (χ0n) is 12.3. The summed E-state index contributed by atoms with van der Waals surface area (Å²) >= 11 is 0. The molecule has 0 spiro atoms. The predicted octanol–water partition coefficient (Wildman–Crippen LogP) is 1.17. The highest BCUT2D eigenvalue weighted by molar-refractivity contribution is 4.85. The molecule has 0 saturated carbocycles. The molecule has 4 nitrogen and oxygen atoms in total. The highest BCUT2D eigenvalue weighted by Gasteiger charge is 2.21. The Kier molecular flexibility index (Phi) is 11.1. The third-order valence-corrected chi connectivity index (χ3v) is 2.16. The second kappa shape index (κ2) is 9.83. The van der Waals surface area contributed by atoms with E-state index in [1.54, 1.807) is 0 Å². The van der Waals surface area contributed by atoms with Crippen molar-refractivity contribution in [3.63, 3.8) is 0 Å². The van der Waals surface area contributed by atoms with E-state index >= 15 is 0 Å². The van der Waals surface area contributed by atoms with Gasteiger partial charge in [-0.25, -0.2) is 0 Å². The summed E-state index contributed by atoms with van der Waals surface area (Å²) in [4.78, 5) is 0. The van der Waals surface area contributed by atoms with Crippen LogP contribution in [0.3, 0.4) is 0 Å². The summed E-state index contributed by atoms with van der Waals surface area (Å²) in [7, 11) is 0. The van der Waals surface area contributed by atoms with Crippen LogP contribution in [-0.2, 0) is 0 Å². The van der Waals surface area contributed by atoms with Crippen LogP contribution in [0.2, 0.25) is 0 Å². The van der Waals surface area contributed by atoms with Gasteiger partial charge in [0.15, 0.2) is 0 Å². The minimum atomic E-state index is -0.237. The molecule has 17 heavy (non-hydrogen) atoms. The summed E-state index contributed by atoms with van der Waals surface area (Å²) in [6, 6.07) is 0. The average molecular weight is 246 g/mol. The lowest BCUT2D eigenvalue weighted by Gasteiger charge is -2.27. The van der Waals surface area contributed by atoms with Gasteiger partial charge in [-0.2, -0.15) is 0 Å². The summed E-state index contributed by atoms with van der Waals surface area (Å²) in [5.74, 6) is 0. The van der Waals surface area contributed by atoms with Crippen molar-refractivity contribution >= 4 is 0 Å². The van der Waals surface area contributed by atoms with Crippen LogP contribution in [-0.4, -0.2) is 25.2 Å². The molecule has 106 valence electrons. The third kappa shape index (κ3) is 18.4. The topological polar surface area (TPSA) is 104 Å². The maximum Gasteiger partial charge on any atom is 0.0279 e. The summed E-state index contributed by atoms with van der Waals surface area (Å²) in [6.45, 7) is 10.6. The molecule has 0 aliphatic heterocycles. The Hall–Kier alpha value is -0.160. The van der Waals surface area contributed by atoms with Crippen LogP contribution in [0.4, 0.5) is 0 Å². The lowest BCUT2D eigenvalue weighted by atomic mass is 9.89. The van der Waals surface area contributed by atoms with Crippen molar-refractivity contribution in [1.29, 1.82) is 0 Å². The van der Waals surface area contributed by atoms with E-state index in [0.717, 1.165) is 25.7 Å². The first-order valence-electron chi connectivity index (χ1n) is 6.57. The third-order valence-electron chi connectivity index (χ3n) is 2.16. The first-order chi connectivity index (χ1) is 7.68. The van der Waals surface area contributed by atoms with E-state index in [0.29, 0.717) is 25.0 Å². The van der Waals surface area contributed by atoms with Crippen molar-refractivity contribution < 1.29 is 0 Å². The Morgan fingerprint density at radius 2 is 1.06 bits per heavy atom. The van der Waals surface area contributed by atoms with E-state index in [-0.39, 0.29) is 5.54 Å². The average Bonchev–Trinajstić information content (AvgIpc) is 2.21. The molecule has 0 aromatic rings. The summed E-state index contributed by atoms with van der Waals surface area (Å²) in [6.07, 6.45) is 3.69. The molecular weight excluding hydrogens is 212 g/mol. The molecule has 0 aliphatic carbocycles. The minimum absolute atomic E-state index is 0.237. The molecule has 0 aliphatic rings. The van der Waals surface area contributed by atoms with E-state index < -0.39 is 0 Å².